The van der Waals surface area contributed by atoms with Gasteiger partial charge < -0.3 is 21.3 Å². The van der Waals surface area contributed by atoms with E-state index in [1.807, 2.05) is 13.0 Å². The Morgan fingerprint density at radius 2 is 2.11 bits per heavy atom. The Morgan fingerprint density at radius 3 is 2.86 bits per heavy atom. The maximum atomic E-state index is 6.03. The number of piperidine rings is 1. The Labute approximate surface area is 175 Å². The van der Waals surface area contributed by atoms with Gasteiger partial charge in [-0.15, -0.1) is 0 Å². The quantitative estimate of drug-likeness (QED) is 0.438. The number of aliphatic imine (C=N–C) groups is 1. The number of hydrogen-bond acceptors (Lipinski definition) is 4. The minimum Gasteiger partial charge on any atom is -0.369 e. The Morgan fingerprint density at radius 1 is 1.29 bits per heavy atom. The fraction of sp³-hybridized carbons (Fsp3) is 0.421. The third-order valence-electron chi connectivity index (χ3n) is 4.72. The summed E-state index contributed by atoms with van der Waals surface area (Å²) >= 11 is 12.0. The van der Waals surface area contributed by atoms with E-state index in [1.165, 1.54) is 13.0 Å². The van der Waals surface area contributed by atoms with Crippen LogP contribution in [-0.4, -0.2) is 41.6 Å². The number of nitrogens with zero attached hydrogens (tertiary/aromatic N) is 3. The Bertz CT molecular complexity index is 856. The van der Waals surface area contributed by atoms with Crippen LogP contribution in [0.25, 0.3) is 0 Å². The summed E-state index contributed by atoms with van der Waals surface area (Å²) in [5.74, 6) is 1.26. The summed E-state index contributed by atoms with van der Waals surface area (Å²) in [6.45, 7) is 7.62. The molecule has 0 spiro atoms. The van der Waals surface area contributed by atoms with Crippen LogP contribution >= 0.6 is 23.2 Å². The van der Waals surface area contributed by atoms with E-state index in [9.17, 15) is 0 Å². The summed E-state index contributed by atoms with van der Waals surface area (Å²) in [6, 6.07) is 7.48. The first-order valence-corrected chi connectivity index (χ1v) is 10.2. The molecular formula is C19H26Cl2N7+. The van der Waals surface area contributed by atoms with E-state index in [2.05, 4.69) is 32.5 Å². The molecule has 2 heterocycles. The molecule has 3 rings (SSSR count). The predicted octanol–water partition coefficient (Wildman–Crippen LogP) is 2.63. The van der Waals surface area contributed by atoms with Gasteiger partial charge in [0.25, 0.3) is 5.95 Å². The van der Waals surface area contributed by atoms with Crippen molar-refractivity contribution < 1.29 is 4.90 Å². The number of nitrogens with one attached hydrogen (secondary N) is 3. The highest BCUT2D eigenvalue weighted by Gasteiger charge is 2.22. The summed E-state index contributed by atoms with van der Waals surface area (Å²) in [6.07, 6.45) is 2.36. The first-order valence-electron chi connectivity index (χ1n) is 9.45. The molecule has 0 amide bonds. The molecule has 9 heteroatoms. The van der Waals surface area contributed by atoms with Gasteiger partial charge in [0.15, 0.2) is 0 Å². The number of halogens is 2. The fourth-order valence-corrected chi connectivity index (χ4v) is 3.64. The van der Waals surface area contributed by atoms with E-state index >= 15 is 0 Å². The van der Waals surface area contributed by atoms with Gasteiger partial charge in [-0.25, -0.2) is 4.98 Å². The first-order chi connectivity index (χ1) is 13.4. The van der Waals surface area contributed by atoms with Crippen molar-refractivity contribution in [3.63, 3.8) is 0 Å². The number of nitrogens with two attached hydrogens (primary N) is 1. The van der Waals surface area contributed by atoms with Crippen LogP contribution in [-0.2, 0) is 0 Å². The highest BCUT2D eigenvalue weighted by Crippen LogP contribution is 2.25. The molecule has 1 fully saturated rings. The number of anilines is 2. The summed E-state index contributed by atoms with van der Waals surface area (Å²) in [5, 5.41) is 7.42. The van der Waals surface area contributed by atoms with Crippen molar-refractivity contribution in [3.8, 4) is 0 Å². The van der Waals surface area contributed by atoms with Crippen LogP contribution in [0.4, 0.5) is 17.5 Å². The van der Waals surface area contributed by atoms with Crippen LogP contribution in [0.5, 0.6) is 0 Å². The summed E-state index contributed by atoms with van der Waals surface area (Å²) < 4.78 is 0. The normalized spacial score (nSPS) is 20.1. The van der Waals surface area contributed by atoms with Crippen molar-refractivity contribution in [2.24, 2.45) is 10.7 Å². The number of likely N-dealkylation sites (N-methyl/N-ethyl adjacent to an activating group) is 1. The Hall–Kier alpha value is -2.09. The van der Waals surface area contributed by atoms with Crippen LogP contribution < -0.4 is 21.3 Å². The molecule has 2 aromatic rings. The van der Waals surface area contributed by atoms with Crippen molar-refractivity contribution in [3.05, 3.63) is 40.0 Å². The maximum absolute atomic E-state index is 6.03. The van der Waals surface area contributed by atoms with Crippen LogP contribution in [0.1, 0.15) is 25.5 Å². The fourth-order valence-electron chi connectivity index (χ4n) is 3.34. The van der Waals surface area contributed by atoms with Crippen molar-refractivity contribution >= 4 is 46.6 Å². The van der Waals surface area contributed by atoms with Gasteiger partial charge in [0.2, 0.25) is 5.96 Å². The Balaban J connectivity index is 1.71. The summed E-state index contributed by atoms with van der Waals surface area (Å²) in [4.78, 5) is 14.8. The average Bonchev–Trinajstić information content (AvgIpc) is 2.64. The molecule has 2 unspecified atom stereocenters. The van der Waals surface area contributed by atoms with Crippen molar-refractivity contribution in [2.75, 3.05) is 30.3 Å². The van der Waals surface area contributed by atoms with E-state index in [1.54, 1.807) is 23.1 Å². The molecule has 1 aliphatic rings. The SMILES string of the molecule is CC[NH+]1CCCC(Nc2cc(C)nc(N=C(N)Nc3ccc(Cl)c(Cl)c3)n2)C1. The molecular weight excluding hydrogens is 397 g/mol. The lowest BCUT2D eigenvalue weighted by atomic mass is 10.1. The van der Waals surface area contributed by atoms with E-state index in [0.29, 0.717) is 27.7 Å². The number of aromatic nitrogens is 2. The highest BCUT2D eigenvalue weighted by atomic mass is 35.5. The van der Waals surface area contributed by atoms with Crippen molar-refractivity contribution in [2.45, 2.75) is 32.7 Å². The summed E-state index contributed by atoms with van der Waals surface area (Å²) in [7, 11) is 0. The van der Waals surface area contributed by atoms with Crippen LogP contribution in [0.2, 0.25) is 10.0 Å². The summed E-state index contributed by atoms with van der Waals surface area (Å²) in [5.41, 5.74) is 7.52. The molecule has 0 saturated carbocycles. The zero-order valence-electron chi connectivity index (χ0n) is 16.1. The third-order valence-corrected chi connectivity index (χ3v) is 5.46. The van der Waals surface area contributed by atoms with Gasteiger partial charge in [-0.05, 0) is 44.9 Å². The second-order valence-corrected chi connectivity index (χ2v) is 7.80. The van der Waals surface area contributed by atoms with Crippen LogP contribution in [0.3, 0.4) is 0 Å². The van der Waals surface area contributed by atoms with Gasteiger partial charge >= 0.3 is 0 Å². The van der Waals surface area contributed by atoms with E-state index in [-0.39, 0.29) is 5.96 Å². The molecule has 150 valence electrons. The molecule has 0 aliphatic carbocycles. The van der Waals surface area contributed by atoms with Crippen LogP contribution in [0, 0.1) is 6.92 Å². The van der Waals surface area contributed by atoms with Crippen molar-refractivity contribution in [1.82, 2.24) is 9.97 Å². The smallest absolute Gasteiger partial charge is 0.254 e. The zero-order valence-corrected chi connectivity index (χ0v) is 17.6. The molecule has 7 nitrogen and oxygen atoms in total. The van der Waals surface area contributed by atoms with Crippen LogP contribution in [0.15, 0.2) is 29.3 Å². The van der Waals surface area contributed by atoms with Gasteiger partial charge in [0, 0.05) is 17.4 Å². The molecule has 28 heavy (non-hydrogen) atoms. The zero-order chi connectivity index (χ0) is 20.1. The number of guanidine groups is 1. The lowest BCUT2D eigenvalue weighted by Crippen LogP contribution is -3.14. The highest BCUT2D eigenvalue weighted by molar-refractivity contribution is 6.42. The van der Waals surface area contributed by atoms with Gasteiger partial charge in [0.1, 0.15) is 5.82 Å². The largest absolute Gasteiger partial charge is 0.369 e. The average molecular weight is 423 g/mol. The number of quaternary nitrogens is 1. The number of likely N-dealkylation sites (tertiary alicyclic amines) is 1. The van der Waals surface area contributed by atoms with Gasteiger partial charge in [-0.3, -0.25) is 0 Å². The molecule has 1 saturated heterocycles. The van der Waals surface area contributed by atoms with E-state index in [4.69, 9.17) is 28.9 Å². The minimum absolute atomic E-state index is 0.175. The number of benzene rings is 1. The minimum atomic E-state index is 0.175. The van der Waals surface area contributed by atoms with E-state index < -0.39 is 0 Å². The standard InChI is InChI=1S/C19H25Cl2N7/c1-3-28-8-4-5-14(11-28)24-17-9-12(2)23-19(26-17)27-18(22)25-13-6-7-15(20)16(21)10-13/h6-7,9-10,14H,3-5,8,11H2,1-2H3,(H4,22,23,24,25,26,27)/p+1. The predicted molar refractivity (Wildman–Crippen MR) is 116 cm³/mol. The molecule has 0 bridgehead atoms. The van der Waals surface area contributed by atoms with Gasteiger partial charge in [-0.1, -0.05) is 23.2 Å². The second-order valence-electron chi connectivity index (χ2n) is 6.99. The lowest BCUT2D eigenvalue weighted by molar-refractivity contribution is -0.903. The monoisotopic (exact) mass is 422 g/mol. The van der Waals surface area contributed by atoms with E-state index in [0.717, 1.165) is 31.0 Å². The van der Waals surface area contributed by atoms with Crippen molar-refractivity contribution in [1.29, 1.82) is 0 Å². The second kappa shape index (κ2) is 9.41. The molecule has 0 radical (unpaired) electrons. The number of rotatable bonds is 5. The maximum Gasteiger partial charge on any atom is 0.254 e. The molecule has 2 atom stereocenters. The molecule has 1 aromatic heterocycles. The molecule has 1 aromatic carbocycles. The first kappa shape index (κ1) is 20.6. The molecule has 1 aliphatic heterocycles. The Kier molecular flexibility index (Phi) is 6.93. The van der Waals surface area contributed by atoms with Gasteiger partial charge in [-0.2, -0.15) is 9.98 Å². The number of hydrogen-bond donors (Lipinski definition) is 4. The third kappa shape index (κ3) is 5.70. The lowest BCUT2D eigenvalue weighted by Gasteiger charge is -2.29. The van der Waals surface area contributed by atoms with Gasteiger partial charge in [0.05, 0.1) is 35.7 Å². The molecule has 5 N–H and O–H groups in total. The topological polar surface area (TPSA) is 92.7 Å². The number of aryl methyl sites for hydroxylation is 1.